The number of anilines is 1. The van der Waals surface area contributed by atoms with Crippen molar-refractivity contribution >= 4 is 11.6 Å². The summed E-state index contributed by atoms with van der Waals surface area (Å²) in [5.41, 5.74) is 1.46. The fourth-order valence-corrected chi connectivity index (χ4v) is 2.44. The van der Waals surface area contributed by atoms with E-state index in [9.17, 15) is 9.90 Å². The van der Waals surface area contributed by atoms with Gasteiger partial charge in [-0.2, -0.15) is 0 Å². The van der Waals surface area contributed by atoms with Gasteiger partial charge in [-0.15, -0.1) is 0 Å². The fourth-order valence-electron chi connectivity index (χ4n) is 2.44. The lowest BCUT2D eigenvalue weighted by Gasteiger charge is -2.22. The van der Waals surface area contributed by atoms with E-state index in [4.69, 9.17) is 0 Å². The van der Waals surface area contributed by atoms with Gasteiger partial charge < -0.3 is 10.4 Å². The number of amides is 1. The molecule has 17 heavy (non-hydrogen) atoms. The summed E-state index contributed by atoms with van der Waals surface area (Å²) in [6, 6.07) is 5.01. The normalized spacial score (nSPS) is 18.0. The molecule has 0 saturated heterocycles. The first-order chi connectivity index (χ1) is 8.01. The molecule has 3 nitrogen and oxygen atoms in total. The van der Waals surface area contributed by atoms with Crippen LogP contribution < -0.4 is 5.32 Å². The SMILES string of the molecule is Cc1cc(O)ccc1NC(=O)C1(C)CCCC1. The summed E-state index contributed by atoms with van der Waals surface area (Å²) < 4.78 is 0. The Hall–Kier alpha value is -1.51. The van der Waals surface area contributed by atoms with Gasteiger partial charge in [0, 0.05) is 11.1 Å². The molecule has 0 bridgehead atoms. The maximum absolute atomic E-state index is 12.2. The summed E-state index contributed by atoms with van der Waals surface area (Å²) in [7, 11) is 0. The molecular formula is C14H19NO2. The molecule has 2 rings (SSSR count). The second-order valence-corrected chi connectivity index (χ2v) is 5.22. The van der Waals surface area contributed by atoms with Crippen LogP contribution in [-0.4, -0.2) is 11.0 Å². The zero-order valence-corrected chi connectivity index (χ0v) is 10.4. The Morgan fingerprint density at radius 3 is 2.59 bits per heavy atom. The summed E-state index contributed by atoms with van der Waals surface area (Å²) >= 11 is 0. The van der Waals surface area contributed by atoms with Gasteiger partial charge in [0.05, 0.1) is 0 Å². The molecule has 92 valence electrons. The molecule has 1 aromatic carbocycles. The first kappa shape index (κ1) is 12.0. The Balaban J connectivity index is 2.13. The zero-order chi connectivity index (χ0) is 12.5. The van der Waals surface area contributed by atoms with Gasteiger partial charge in [0.25, 0.3) is 0 Å². The molecule has 0 aliphatic heterocycles. The third kappa shape index (κ3) is 2.43. The quantitative estimate of drug-likeness (QED) is 0.770. The van der Waals surface area contributed by atoms with Crippen molar-refractivity contribution in [1.82, 2.24) is 0 Å². The highest BCUT2D eigenvalue weighted by Gasteiger charge is 2.36. The molecule has 0 aromatic heterocycles. The highest BCUT2D eigenvalue weighted by molar-refractivity contribution is 5.95. The highest BCUT2D eigenvalue weighted by atomic mass is 16.3. The highest BCUT2D eigenvalue weighted by Crippen LogP contribution is 2.38. The lowest BCUT2D eigenvalue weighted by Crippen LogP contribution is -2.31. The van der Waals surface area contributed by atoms with Crippen LogP contribution in [0.15, 0.2) is 18.2 Å². The molecule has 1 aliphatic carbocycles. The minimum atomic E-state index is -0.218. The van der Waals surface area contributed by atoms with E-state index in [1.807, 2.05) is 13.8 Å². The number of nitrogens with one attached hydrogen (secondary N) is 1. The van der Waals surface area contributed by atoms with Gasteiger partial charge in [0.1, 0.15) is 5.75 Å². The van der Waals surface area contributed by atoms with E-state index in [1.165, 1.54) is 0 Å². The number of carbonyl (C=O) groups is 1. The molecular weight excluding hydrogens is 214 g/mol. The van der Waals surface area contributed by atoms with E-state index in [0.717, 1.165) is 36.9 Å². The second-order valence-electron chi connectivity index (χ2n) is 5.22. The van der Waals surface area contributed by atoms with Gasteiger partial charge in [-0.1, -0.05) is 19.8 Å². The molecule has 1 fully saturated rings. The predicted octanol–water partition coefficient (Wildman–Crippen LogP) is 3.22. The molecule has 1 amide bonds. The Morgan fingerprint density at radius 1 is 1.35 bits per heavy atom. The van der Waals surface area contributed by atoms with Gasteiger partial charge in [-0.3, -0.25) is 4.79 Å². The van der Waals surface area contributed by atoms with Crippen molar-refractivity contribution in [3.63, 3.8) is 0 Å². The number of aromatic hydroxyl groups is 1. The van der Waals surface area contributed by atoms with Crippen molar-refractivity contribution in [2.75, 3.05) is 5.32 Å². The first-order valence-corrected chi connectivity index (χ1v) is 6.12. The molecule has 1 aromatic rings. The Morgan fingerprint density at radius 2 is 2.00 bits per heavy atom. The van der Waals surface area contributed by atoms with Crippen LogP contribution in [0, 0.1) is 12.3 Å². The molecule has 0 heterocycles. The van der Waals surface area contributed by atoms with Crippen molar-refractivity contribution in [3.05, 3.63) is 23.8 Å². The number of hydrogen-bond donors (Lipinski definition) is 2. The number of hydrogen-bond acceptors (Lipinski definition) is 2. The monoisotopic (exact) mass is 233 g/mol. The van der Waals surface area contributed by atoms with Crippen molar-refractivity contribution in [2.24, 2.45) is 5.41 Å². The molecule has 3 heteroatoms. The Kier molecular flexibility index (Phi) is 3.09. The van der Waals surface area contributed by atoms with E-state index in [0.29, 0.717) is 0 Å². The van der Waals surface area contributed by atoms with E-state index in [-0.39, 0.29) is 17.1 Å². The van der Waals surface area contributed by atoms with Crippen LogP contribution in [0.1, 0.15) is 38.2 Å². The average molecular weight is 233 g/mol. The summed E-state index contributed by atoms with van der Waals surface area (Å²) in [6.07, 6.45) is 4.21. The largest absolute Gasteiger partial charge is 0.508 e. The predicted molar refractivity (Wildman–Crippen MR) is 68.0 cm³/mol. The van der Waals surface area contributed by atoms with Crippen LogP contribution in [0.5, 0.6) is 5.75 Å². The van der Waals surface area contributed by atoms with Crippen molar-refractivity contribution in [3.8, 4) is 5.75 Å². The number of aryl methyl sites for hydroxylation is 1. The van der Waals surface area contributed by atoms with Gasteiger partial charge in [0.2, 0.25) is 5.91 Å². The third-order valence-electron chi connectivity index (χ3n) is 3.71. The number of benzene rings is 1. The van der Waals surface area contributed by atoms with Crippen LogP contribution in [0.3, 0.4) is 0 Å². The Labute approximate surface area is 102 Å². The molecule has 1 saturated carbocycles. The van der Waals surface area contributed by atoms with Crippen LogP contribution in [0.4, 0.5) is 5.69 Å². The lowest BCUT2D eigenvalue weighted by molar-refractivity contribution is -0.124. The summed E-state index contributed by atoms with van der Waals surface area (Å²) in [5.74, 6) is 0.330. The zero-order valence-electron chi connectivity index (χ0n) is 10.4. The number of phenolic OH excluding ortho intramolecular Hbond substituents is 1. The molecule has 0 radical (unpaired) electrons. The summed E-state index contributed by atoms with van der Waals surface area (Å²) in [4.78, 5) is 12.2. The second kappa shape index (κ2) is 4.40. The van der Waals surface area contributed by atoms with Crippen LogP contribution in [-0.2, 0) is 4.79 Å². The van der Waals surface area contributed by atoms with Crippen molar-refractivity contribution in [1.29, 1.82) is 0 Å². The minimum Gasteiger partial charge on any atom is -0.508 e. The van der Waals surface area contributed by atoms with E-state index < -0.39 is 0 Å². The topological polar surface area (TPSA) is 49.3 Å². The number of carbonyl (C=O) groups excluding carboxylic acids is 1. The maximum atomic E-state index is 12.2. The lowest BCUT2D eigenvalue weighted by atomic mass is 9.87. The number of rotatable bonds is 2. The average Bonchev–Trinajstić information content (AvgIpc) is 2.71. The number of phenols is 1. The van der Waals surface area contributed by atoms with Crippen LogP contribution in [0.2, 0.25) is 0 Å². The molecule has 2 N–H and O–H groups in total. The minimum absolute atomic E-state index is 0.101. The first-order valence-electron chi connectivity index (χ1n) is 6.12. The van der Waals surface area contributed by atoms with Crippen LogP contribution in [0.25, 0.3) is 0 Å². The van der Waals surface area contributed by atoms with E-state index in [1.54, 1.807) is 18.2 Å². The van der Waals surface area contributed by atoms with Crippen molar-refractivity contribution in [2.45, 2.75) is 39.5 Å². The molecule has 0 spiro atoms. The molecule has 0 unspecified atom stereocenters. The standard InChI is InChI=1S/C14H19NO2/c1-10-9-11(16)5-6-12(10)15-13(17)14(2)7-3-4-8-14/h5-6,9,16H,3-4,7-8H2,1-2H3,(H,15,17). The van der Waals surface area contributed by atoms with Gasteiger partial charge >= 0.3 is 0 Å². The van der Waals surface area contributed by atoms with E-state index >= 15 is 0 Å². The van der Waals surface area contributed by atoms with Crippen LogP contribution >= 0.6 is 0 Å². The molecule has 1 aliphatic rings. The maximum Gasteiger partial charge on any atom is 0.230 e. The van der Waals surface area contributed by atoms with Gasteiger partial charge in [-0.25, -0.2) is 0 Å². The summed E-state index contributed by atoms with van der Waals surface area (Å²) in [5, 5.41) is 12.3. The Bertz CT molecular complexity index is 434. The van der Waals surface area contributed by atoms with E-state index in [2.05, 4.69) is 5.32 Å². The summed E-state index contributed by atoms with van der Waals surface area (Å²) in [6.45, 7) is 3.91. The molecule has 0 atom stereocenters. The smallest absolute Gasteiger partial charge is 0.230 e. The fraction of sp³-hybridized carbons (Fsp3) is 0.500. The third-order valence-corrected chi connectivity index (χ3v) is 3.71. The van der Waals surface area contributed by atoms with Gasteiger partial charge in [-0.05, 0) is 43.5 Å². The van der Waals surface area contributed by atoms with Crippen molar-refractivity contribution < 1.29 is 9.90 Å². The van der Waals surface area contributed by atoms with Gasteiger partial charge in [0.15, 0.2) is 0 Å².